The van der Waals surface area contributed by atoms with Crippen molar-refractivity contribution < 1.29 is 28.0 Å². The molecule has 22 heavy (non-hydrogen) atoms. The minimum absolute atomic E-state index is 0.209. The van der Waals surface area contributed by atoms with Crippen molar-refractivity contribution >= 4 is 24.6 Å². The van der Waals surface area contributed by atoms with Crippen LogP contribution >= 0.6 is 0 Å². The molecule has 1 aromatic rings. The predicted molar refractivity (Wildman–Crippen MR) is 78.7 cm³/mol. The Morgan fingerprint density at radius 3 is 2.00 bits per heavy atom. The molecule has 0 atom stereocenters. The van der Waals surface area contributed by atoms with Gasteiger partial charge in [0.2, 0.25) is 0 Å². The summed E-state index contributed by atoms with van der Waals surface area (Å²) < 4.78 is 39.5. The molecule has 1 aliphatic heterocycles. The summed E-state index contributed by atoms with van der Waals surface area (Å²) in [6.45, 7) is 7.35. The van der Waals surface area contributed by atoms with Gasteiger partial charge in [0.15, 0.2) is 0 Å². The van der Waals surface area contributed by atoms with Crippen LogP contribution in [0.1, 0.15) is 33.3 Å². The van der Waals surface area contributed by atoms with Crippen molar-refractivity contribution in [3.8, 4) is 0 Å². The topological polar surface area (TPSA) is 55.8 Å². The smallest absolute Gasteiger partial charge is 0.478 e. The number of aliphatic carboxylic acids is 1. The minimum atomic E-state index is -1.28. The molecule has 1 aromatic carbocycles. The van der Waals surface area contributed by atoms with Crippen LogP contribution in [0.25, 0.3) is 6.08 Å². The molecule has 0 aliphatic carbocycles. The van der Waals surface area contributed by atoms with Gasteiger partial charge in [-0.15, -0.1) is 0 Å². The van der Waals surface area contributed by atoms with E-state index in [1.54, 1.807) is 0 Å². The number of hydrogen-bond acceptors (Lipinski definition) is 3. The summed E-state index contributed by atoms with van der Waals surface area (Å²) in [5.74, 6) is -3.03. The molecule has 118 valence electrons. The highest BCUT2D eigenvalue weighted by molar-refractivity contribution is 6.62. The molecule has 1 aliphatic rings. The molecule has 0 bridgehead atoms. The van der Waals surface area contributed by atoms with Crippen molar-refractivity contribution in [1.29, 1.82) is 0 Å². The standard InChI is InChI=1S/C15H17BF2O4/c1-14(2)15(3,4)22-16(21-14)9-7-11(17)10(12(18)8-9)5-6-13(19)20/h5-8H,1-4H3,(H,19,20)/b6-5+. The number of benzene rings is 1. The van der Waals surface area contributed by atoms with Gasteiger partial charge in [-0.2, -0.15) is 0 Å². The molecule has 0 unspecified atom stereocenters. The molecule has 0 amide bonds. The summed E-state index contributed by atoms with van der Waals surface area (Å²) in [5, 5.41) is 8.53. The van der Waals surface area contributed by atoms with E-state index in [0.717, 1.165) is 18.2 Å². The van der Waals surface area contributed by atoms with Gasteiger partial charge in [0.05, 0.1) is 11.2 Å². The molecular weight excluding hydrogens is 293 g/mol. The van der Waals surface area contributed by atoms with Crippen LogP contribution in [-0.4, -0.2) is 29.4 Å². The molecule has 1 fully saturated rings. The summed E-state index contributed by atoms with van der Waals surface area (Å²) in [5.41, 5.74) is -1.44. The summed E-state index contributed by atoms with van der Waals surface area (Å²) in [6.07, 6.45) is 1.55. The Kier molecular flexibility index (Phi) is 4.15. The Hall–Kier alpha value is -1.73. The summed E-state index contributed by atoms with van der Waals surface area (Å²) in [7, 11) is -0.883. The van der Waals surface area contributed by atoms with Crippen LogP contribution in [0.15, 0.2) is 18.2 Å². The molecule has 1 heterocycles. The SMILES string of the molecule is CC1(C)OB(c2cc(F)c(/C=C/C(=O)O)c(F)c2)OC1(C)C. The van der Waals surface area contributed by atoms with Crippen LogP contribution in [-0.2, 0) is 14.1 Å². The first kappa shape index (κ1) is 16.6. The predicted octanol–water partition coefficient (Wildman–Crippen LogP) is 2.36. The maximum atomic E-state index is 14.0. The molecule has 0 aromatic heterocycles. The fourth-order valence-corrected chi connectivity index (χ4v) is 2.03. The fourth-order valence-electron chi connectivity index (χ4n) is 2.03. The van der Waals surface area contributed by atoms with Crippen molar-refractivity contribution in [3.05, 3.63) is 35.4 Å². The Morgan fingerprint density at radius 1 is 1.14 bits per heavy atom. The number of halogens is 2. The van der Waals surface area contributed by atoms with Gasteiger partial charge in [0.1, 0.15) is 11.6 Å². The number of hydrogen-bond donors (Lipinski definition) is 1. The van der Waals surface area contributed by atoms with E-state index in [4.69, 9.17) is 14.4 Å². The summed E-state index contributed by atoms with van der Waals surface area (Å²) in [4.78, 5) is 10.4. The number of carbonyl (C=O) groups is 1. The van der Waals surface area contributed by atoms with Crippen molar-refractivity contribution in [3.63, 3.8) is 0 Å². The van der Waals surface area contributed by atoms with E-state index in [1.165, 1.54) is 0 Å². The van der Waals surface area contributed by atoms with Crippen molar-refractivity contribution in [1.82, 2.24) is 0 Å². The third kappa shape index (κ3) is 3.05. The Bertz CT molecular complexity index is 601. The van der Waals surface area contributed by atoms with Crippen molar-refractivity contribution in [2.24, 2.45) is 0 Å². The normalized spacial score (nSPS) is 19.8. The lowest BCUT2D eigenvalue weighted by Gasteiger charge is -2.32. The zero-order valence-corrected chi connectivity index (χ0v) is 12.8. The van der Waals surface area contributed by atoms with Gasteiger partial charge < -0.3 is 14.4 Å². The van der Waals surface area contributed by atoms with Crippen LogP contribution in [0.4, 0.5) is 8.78 Å². The molecule has 1 N–H and O–H groups in total. The third-order valence-corrected chi connectivity index (χ3v) is 4.02. The Labute approximate surface area is 127 Å². The van der Waals surface area contributed by atoms with E-state index < -0.39 is 41.5 Å². The van der Waals surface area contributed by atoms with Gasteiger partial charge >= 0.3 is 13.1 Å². The fraction of sp³-hybridized carbons (Fsp3) is 0.400. The van der Waals surface area contributed by atoms with Crippen LogP contribution in [0.2, 0.25) is 0 Å². The molecule has 7 heteroatoms. The highest BCUT2D eigenvalue weighted by Crippen LogP contribution is 2.36. The van der Waals surface area contributed by atoms with Gasteiger partial charge in [0.25, 0.3) is 0 Å². The highest BCUT2D eigenvalue weighted by atomic mass is 19.1. The largest absolute Gasteiger partial charge is 0.495 e. The summed E-state index contributed by atoms with van der Waals surface area (Å²) >= 11 is 0. The van der Waals surface area contributed by atoms with E-state index in [9.17, 15) is 13.6 Å². The number of rotatable bonds is 3. The lowest BCUT2D eigenvalue weighted by molar-refractivity contribution is -0.131. The van der Waals surface area contributed by atoms with E-state index in [-0.39, 0.29) is 5.46 Å². The van der Waals surface area contributed by atoms with Crippen LogP contribution < -0.4 is 5.46 Å². The molecule has 0 saturated carbocycles. The molecule has 4 nitrogen and oxygen atoms in total. The van der Waals surface area contributed by atoms with Gasteiger partial charge in [-0.25, -0.2) is 13.6 Å². The van der Waals surface area contributed by atoms with E-state index in [1.807, 2.05) is 27.7 Å². The highest BCUT2D eigenvalue weighted by Gasteiger charge is 2.51. The molecule has 0 spiro atoms. The maximum Gasteiger partial charge on any atom is 0.495 e. The van der Waals surface area contributed by atoms with Gasteiger partial charge in [-0.3, -0.25) is 0 Å². The van der Waals surface area contributed by atoms with Gasteiger partial charge in [-0.1, -0.05) is 0 Å². The number of carboxylic acid groups (broad SMARTS) is 1. The van der Waals surface area contributed by atoms with Crippen LogP contribution in [0.5, 0.6) is 0 Å². The third-order valence-electron chi connectivity index (χ3n) is 4.02. The average molecular weight is 310 g/mol. The molecular formula is C15H17BF2O4. The van der Waals surface area contributed by atoms with Gasteiger partial charge in [0, 0.05) is 11.6 Å². The summed E-state index contributed by atoms with van der Waals surface area (Å²) in [6, 6.07) is 2.18. The van der Waals surface area contributed by atoms with E-state index in [2.05, 4.69) is 0 Å². The van der Waals surface area contributed by atoms with Gasteiger partial charge in [-0.05, 0) is 51.4 Å². The first-order valence-electron chi connectivity index (χ1n) is 6.79. The Balaban J connectivity index is 2.34. The molecule has 2 rings (SSSR count). The second-order valence-corrected chi connectivity index (χ2v) is 6.16. The first-order chi connectivity index (χ1) is 10.0. The maximum absolute atomic E-state index is 14.0. The monoisotopic (exact) mass is 310 g/mol. The second-order valence-electron chi connectivity index (χ2n) is 6.16. The lowest BCUT2D eigenvalue weighted by Crippen LogP contribution is -2.41. The zero-order valence-electron chi connectivity index (χ0n) is 12.8. The quantitative estimate of drug-likeness (QED) is 0.688. The second kappa shape index (κ2) is 5.48. The lowest BCUT2D eigenvalue weighted by atomic mass is 9.78. The van der Waals surface area contributed by atoms with Crippen LogP contribution in [0, 0.1) is 11.6 Å². The minimum Gasteiger partial charge on any atom is -0.478 e. The van der Waals surface area contributed by atoms with E-state index in [0.29, 0.717) is 6.08 Å². The Morgan fingerprint density at radius 2 is 1.59 bits per heavy atom. The first-order valence-corrected chi connectivity index (χ1v) is 6.79. The van der Waals surface area contributed by atoms with Crippen molar-refractivity contribution in [2.45, 2.75) is 38.9 Å². The molecule has 1 saturated heterocycles. The van der Waals surface area contributed by atoms with E-state index >= 15 is 0 Å². The molecule has 0 radical (unpaired) electrons. The number of carboxylic acids is 1. The average Bonchev–Trinajstić information content (AvgIpc) is 2.57. The van der Waals surface area contributed by atoms with Crippen LogP contribution in [0.3, 0.4) is 0 Å². The van der Waals surface area contributed by atoms with Crippen molar-refractivity contribution in [2.75, 3.05) is 0 Å². The zero-order chi connectivity index (χ0) is 16.7.